The van der Waals surface area contributed by atoms with E-state index in [1.54, 1.807) is 14.2 Å². The minimum absolute atomic E-state index is 0.360. The zero-order chi connectivity index (χ0) is 14.8. The van der Waals surface area contributed by atoms with E-state index in [0.717, 1.165) is 18.6 Å². The summed E-state index contributed by atoms with van der Waals surface area (Å²) in [5, 5.41) is 6.15. The summed E-state index contributed by atoms with van der Waals surface area (Å²) in [6.45, 7) is 2.23. The third-order valence-corrected chi connectivity index (χ3v) is 4.49. The molecule has 0 radical (unpaired) electrons. The van der Waals surface area contributed by atoms with Crippen LogP contribution in [0.4, 0.5) is 0 Å². The number of rotatable bonds is 5. The van der Waals surface area contributed by atoms with E-state index in [2.05, 4.69) is 42.6 Å². The van der Waals surface area contributed by atoms with Crippen molar-refractivity contribution < 1.29 is 9.47 Å². The Morgan fingerprint density at radius 1 is 1.05 bits per heavy atom. The van der Waals surface area contributed by atoms with E-state index in [1.165, 1.54) is 16.3 Å². The maximum Gasteiger partial charge on any atom is 0.119 e. The van der Waals surface area contributed by atoms with Crippen LogP contribution in [-0.2, 0) is 4.74 Å². The molecule has 0 aromatic heterocycles. The molecule has 0 aliphatic heterocycles. The van der Waals surface area contributed by atoms with Gasteiger partial charge in [-0.3, -0.25) is 0 Å². The highest BCUT2D eigenvalue weighted by atomic mass is 16.5. The fourth-order valence-electron chi connectivity index (χ4n) is 2.98. The fourth-order valence-corrected chi connectivity index (χ4v) is 2.98. The lowest BCUT2D eigenvalue weighted by molar-refractivity contribution is 0.0147. The standard InChI is InChI=1S/C18H23NO2/c1-12(19-16-10-18(11-16)21-3)13-4-5-15-9-17(20-2)7-6-14(15)8-13/h4-9,12,16,18-19H,10-11H2,1-3H3. The zero-order valence-corrected chi connectivity index (χ0v) is 12.9. The summed E-state index contributed by atoms with van der Waals surface area (Å²) in [4.78, 5) is 0. The fraction of sp³-hybridized carbons (Fsp3) is 0.444. The van der Waals surface area contributed by atoms with E-state index in [0.29, 0.717) is 18.2 Å². The van der Waals surface area contributed by atoms with Gasteiger partial charge in [0.15, 0.2) is 0 Å². The topological polar surface area (TPSA) is 30.5 Å². The van der Waals surface area contributed by atoms with Gasteiger partial charge in [0.1, 0.15) is 5.75 Å². The second kappa shape index (κ2) is 6.04. The van der Waals surface area contributed by atoms with Crippen LogP contribution in [0, 0.1) is 0 Å². The molecule has 2 aromatic carbocycles. The van der Waals surface area contributed by atoms with Gasteiger partial charge in [-0.05, 0) is 54.3 Å². The summed E-state index contributed by atoms with van der Waals surface area (Å²) in [6.07, 6.45) is 2.68. The second-order valence-corrected chi connectivity index (χ2v) is 5.89. The van der Waals surface area contributed by atoms with Gasteiger partial charge in [-0.1, -0.05) is 18.2 Å². The van der Waals surface area contributed by atoms with E-state index in [1.807, 2.05) is 6.07 Å². The minimum Gasteiger partial charge on any atom is -0.497 e. The lowest BCUT2D eigenvalue weighted by Gasteiger charge is -2.36. The number of methoxy groups -OCH3 is 2. The molecule has 3 rings (SSSR count). The average Bonchev–Trinajstić information content (AvgIpc) is 2.49. The molecule has 0 bridgehead atoms. The number of benzene rings is 2. The Bertz CT molecular complexity index is 620. The van der Waals surface area contributed by atoms with Crippen molar-refractivity contribution in [3.05, 3.63) is 42.0 Å². The SMILES string of the molecule is COc1ccc2cc(C(C)NC3CC(OC)C3)ccc2c1. The first-order valence-corrected chi connectivity index (χ1v) is 7.56. The summed E-state index contributed by atoms with van der Waals surface area (Å²) < 4.78 is 10.6. The molecule has 1 atom stereocenters. The van der Waals surface area contributed by atoms with E-state index < -0.39 is 0 Å². The maximum atomic E-state index is 5.33. The van der Waals surface area contributed by atoms with Gasteiger partial charge in [0.2, 0.25) is 0 Å². The van der Waals surface area contributed by atoms with Crippen LogP contribution in [0.5, 0.6) is 5.75 Å². The van der Waals surface area contributed by atoms with Crippen LogP contribution in [0.15, 0.2) is 36.4 Å². The molecule has 1 aliphatic rings. The predicted molar refractivity (Wildman–Crippen MR) is 85.9 cm³/mol. The second-order valence-electron chi connectivity index (χ2n) is 5.89. The van der Waals surface area contributed by atoms with E-state index in [-0.39, 0.29) is 0 Å². The molecule has 3 nitrogen and oxygen atoms in total. The van der Waals surface area contributed by atoms with Crippen molar-refractivity contribution >= 4 is 10.8 Å². The molecule has 112 valence electrons. The van der Waals surface area contributed by atoms with Gasteiger partial charge in [-0.2, -0.15) is 0 Å². The Kier molecular flexibility index (Phi) is 4.13. The van der Waals surface area contributed by atoms with Gasteiger partial charge in [0.25, 0.3) is 0 Å². The van der Waals surface area contributed by atoms with E-state index in [4.69, 9.17) is 9.47 Å². The van der Waals surface area contributed by atoms with Crippen molar-refractivity contribution in [2.75, 3.05) is 14.2 Å². The monoisotopic (exact) mass is 285 g/mol. The zero-order valence-electron chi connectivity index (χ0n) is 12.9. The Morgan fingerprint density at radius 2 is 1.76 bits per heavy atom. The first-order chi connectivity index (χ1) is 10.2. The van der Waals surface area contributed by atoms with Crippen molar-refractivity contribution in [2.24, 2.45) is 0 Å². The van der Waals surface area contributed by atoms with Gasteiger partial charge in [-0.15, -0.1) is 0 Å². The quantitative estimate of drug-likeness (QED) is 0.909. The number of hydrogen-bond acceptors (Lipinski definition) is 3. The molecule has 3 heteroatoms. The summed E-state index contributed by atoms with van der Waals surface area (Å²) in [5.41, 5.74) is 1.33. The lowest BCUT2D eigenvalue weighted by atomic mass is 9.88. The third-order valence-electron chi connectivity index (χ3n) is 4.49. The molecule has 1 unspecified atom stereocenters. The molecule has 1 N–H and O–H groups in total. The van der Waals surface area contributed by atoms with Crippen LogP contribution >= 0.6 is 0 Å². The molecule has 0 spiro atoms. The molecule has 0 amide bonds. The van der Waals surface area contributed by atoms with E-state index in [9.17, 15) is 0 Å². The van der Waals surface area contributed by atoms with Crippen molar-refractivity contribution in [2.45, 2.75) is 38.0 Å². The Labute approximate surface area is 126 Å². The number of ether oxygens (including phenoxy) is 2. The van der Waals surface area contributed by atoms with Gasteiger partial charge in [0.05, 0.1) is 13.2 Å². The molecule has 0 saturated heterocycles. The highest BCUT2D eigenvalue weighted by Gasteiger charge is 2.29. The summed E-state index contributed by atoms with van der Waals surface area (Å²) in [6, 6.07) is 13.8. The highest BCUT2D eigenvalue weighted by Crippen LogP contribution is 2.28. The molecule has 0 heterocycles. The van der Waals surface area contributed by atoms with Crippen LogP contribution < -0.4 is 10.1 Å². The Morgan fingerprint density at radius 3 is 2.48 bits per heavy atom. The number of nitrogens with one attached hydrogen (secondary N) is 1. The van der Waals surface area contributed by atoms with Gasteiger partial charge in [0, 0.05) is 19.2 Å². The smallest absolute Gasteiger partial charge is 0.119 e. The van der Waals surface area contributed by atoms with Crippen molar-refractivity contribution in [1.82, 2.24) is 5.32 Å². The first-order valence-electron chi connectivity index (χ1n) is 7.56. The predicted octanol–water partition coefficient (Wildman–Crippen LogP) is 3.68. The highest BCUT2D eigenvalue weighted by molar-refractivity contribution is 5.84. The Hall–Kier alpha value is -1.58. The third kappa shape index (κ3) is 3.04. The lowest BCUT2D eigenvalue weighted by Crippen LogP contribution is -2.45. The molecule has 1 fully saturated rings. The summed E-state index contributed by atoms with van der Waals surface area (Å²) in [7, 11) is 3.50. The minimum atomic E-state index is 0.360. The largest absolute Gasteiger partial charge is 0.497 e. The van der Waals surface area contributed by atoms with Crippen molar-refractivity contribution in [3.8, 4) is 5.75 Å². The van der Waals surface area contributed by atoms with E-state index >= 15 is 0 Å². The molecule has 1 aliphatic carbocycles. The van der Waals surface area contributed by atoms with Crippen LogP contribution in [0.3, 0.4) is 0 Å². The van der Waals surface area contributed by atoms with Gasteiger partial charge in [-0.25, -0.2) is 0 Å². The van der Waals surface area contributed by atoms with Crippen LogP contribution in [0.1, 0.15) is 31.4 Å². The molecular formula is C18H23NO2. The van der Waals surface area contributed by atoms with Gasteiger partial charge >= 0.3 is 0 Å². The number of hydrogen-bond donors (Lipinski definition) is 1. The molecule has 2 aromatic rings. The normalized spacial score (nSPS) is 22.8. The van der Waals surface area contributed by atoms with Crippen LogP contribution in [0.2, 0.25) is 0 Å². The Balaban J connectivity index is 1.71. The van der Waals surface area contributed by atoms with Gasteiger partial charge < -0.3 is 14.8 Å². The van der Waals surface area contributed by atoms with Crippen LogP contribution in [0.25, 0.3) is 10.8 Å². The number of fused-ring (bicyclic) bond motifs is 1. The van der Waals surface area contributed by atoms with Crippen molar-refractivity contribution in [1.29, 1.82) is 0 Å². The summed E-state index contributed by atoms with van der Waals surface area (Å²) >= 11 is 0. The molecule has 21 heavy (non-hydrogen) atoms. The molecule has 1 saturated carbocycles. The maximum absolute atomic E-state index is 5.33. The van der Waals surface area contributed by atoms with Crippen molar-refractivity contribution in [3.63, 3.8) is 0 Å². The first kappa shape index (κ1) is 14.4. The summed E-state index contributed by atoms with van der Waals surface area (Å²) in [5.74, 6) is 0.904. The van der Waals surface area contributed by atoms with Crippen LogP contribution in [-0.4, -0.2) is 26.4 Å². The average molecular weight is 285 g/mol. The molecular weight excluding hydrogens is 262 g/mol.